The van der Waals surface area contributed by atoms with Crippen LogP contribution in [-0.4, -0.2) is 23.4 Å². The molecule has 0 aliphatic carbocycles. The second-order valence-corrected chi connectivity index (χ2v) is 6.06. The maximum Gasteiger partial charge on any atom is 0.0635 e. The summed E-state index contributed by atoms with van der Waals surface area (Å²) in [6.45, 7) is 0. The maximum atomic E-state index is 10.4. The molecule has 0 saturated carbocycles. The lowest BCUT2D eigenvalue weighted by molar-refractivity contribution is 0.0432. The van der Waals surface area contributed by atoms with Crippen LogP contribution < -0.4 is 0 Å². The first kappa shape index (κ1) is 12.7. The maximum absolute atomic E-state index is 10.4. The van der Waals surface area contributed by atoms with E-state index in [4.69, 9.17) is 27.9 Å². The third-order valence-corrected chi connectivity index (χ3v) is 4.83. The van der Waals surface area contributed by atoms with Gasteiger partial charge >= 0.3 is 0 Å². The van der Waals surface area contributed by atoms with Gasteiger partial charge in [0, 0.05) is 22.4 Å². The molecule has 2 bridgehead atoms. The Morgan fingerprint density at radius 1 is 1.28 bits per heavy atom. The average molecular weight is 287 g/mol. The highest BCUT2D eigenvalue weighted by Gasteiger charge is 2.44. The van der Waals surface area contributed by atoms with Crippen LogP contribution in [0.15, 0.2) is 18.2 Å². The van der Waals surface area contributed by atoms with Gasteiger partial charge in [0.05, 0.1) is 18.3 Å². The normalized spacial score (nSPS) is 31.8. The zero-order valence-electron chi connectivity index (χ0n) is 9.98. The molecule has 2 heterocycles. The molecule has 2 aliphatic rings. The van der Waals surface area contributed by atoms with Gasteiger partial charge in [-0.25, -0.2) is 0 Å². The van der Waals surface area contributed by atoms with Crippen LogP contribution in [-0.2, 0) is 11.2 Å². The predicted octanol–water partition coefficient (Wildman–Crippen LogP) is 3.46. The zero-order valence-corrected chi connectivity index (χ0v) is 11.5. The third kappa shape index (κ3) is 2.27. The van der Waals surface area contributed by atoms with Crippen molar-refractivity contribution in [2.24, 2.45) is 5.92 Å². The molecule has 0 amide bonds. The van der Waals surface area contributed by atoms with E-state index in [1.165, 1.54) is 0 Å². The summed E-state index contributed by atoms with van der Waals surface area (Å²) < 4.78 is 5.78. The van der Waals surface area contributed by atoms with Crippen LogP contribution in [0.4, 0.5) is 0 Å². The van der Waals surface area contributed by atoms with Crippen molar-refractivity contribution in [3.05, 3.63) is 33.8 Å². The standard InChI is InChI=1S/C14H16Cl2O2/c15-11-2-1-3-12(16)9(11)7-13(17)10-6-8-4-5-14(10)18-8/h1-3,8,10,13-14,17H,4-7H2. The van der Waals surface area contributed by atoms with Crippen molar-refractivity contribution in [3.8, 4) is 0 Å². The number of halogens is 2. The number of benzene rings is 1. The van der Waals surface area contributed by atoms with E-state index in [2.05, 4.69) is 0 Å². The fourth-order valence-electron chi connectivity index (χ4n) is 3.17. The zero-order chi connectivity index (χ0) is 12.7. The van der Waals surface area contributed by atoms with E-state index in [9.17, 15) is 5.11 Å². The van der Waals surface area contributed by atoms with Gasteiger partial charge in [-0.15, -0.1) is 0 Å². The van der Waals surface area contributed by atoms with Gasteiger partial charge in [0.2, 0.25) is 0 Å². The van der Waals surface area contributed by atoms with E-state index in [0.717, 1.165) is 24.8 Å². The van der Waals surface area contributed by atoms with Crippen molar-refractivity contribution in [1.29, 1.82) is 0 Å². The number of aliphatic hydroxyl groups is 1. The van der Waals surface area contributed by atoms with Crippen molar-refractivity contribution >= 4 is 23.2 Å². The number of hydrogen-bond acceptors (Lipinski definition) is 2. The second-order valence-electron chi connectivity index (χ2n) is 5.25. The Labute approximate surface area is 117 Å². The molecule has 2 aliphatic heterocycles. The molecular weight excluding hydrogens is 271 g/mol. The van der Waals surface area contributed by atoms with Crippen LogP contribution in [0.1, 0.15) is 24.8 Å². The third-order valence-electron chi connectivity index (χ3n) is 4.12. The van der Waals surface area contributed by atoms with Gasteiger partial charge in [0.1, 0.15) is 0 Å². The molecule has 2 saturated heterocycles. The Morgan fingerprint density at radius 2 is 2.00 bits per heavy atom. The molecule has 1 N–H and O–H groups in total. The summed E-state index contributed by atoms with van der Waals surface area (Å²) in [6, 6.07) is 5.45. The molecule has 0 radical (unpaired) electrons. The molecule has 4 heteroatoms. The first-order chi connectivity index (χ1) is 8.65. The minimum Gasteiger partial charge on any atom is -0.392 e. The van der Waals surface area contributed by atoms with Gasteiger partial charge in [-0.05, 0) is 37.0 Å². The number of fused-ring (bicyclic) bond motifs is 2. The molecule has 98 valence electrons. The lowest BCUT2D eigenvalue weighted by Crippen LogP contribution is -2.31. The summed E-state index contributed by atoms with van der Waals surface area (Å²) in [5.41, 5.74) is 0.844. The highest BCUT2D eigenvalue weighted by molar-refractivity contribution is 6.35. The lowest BCUT2D eigenvalue weighted by Gasteiger charge is -2.24. The first-order valence-electron chi connectivity index (χ1n) is 6.41. The number of rotatable bonds is 3. The smallest absolute Gasteiger partial charge is 0.0635 e. The van der Waals surface area contributed by atoms with Gasteiger partial charge in [0.15, 0.2) is 0 Å². The Bertz CT molecular complexity index is 429. The Balaban J connectivity index is 1.73. The van der Waals surface area contributed by atoms with E-state index in [1.54, 1.807) is 0 Å². The lowest BCUT2D eigenvalue weighted by atomic mass is 9.83. The van der Waals surface area contributed by atoms with Gasteiger partial charge < -0.3 is 9.84 Å². The quantitative estimate of drug-likeness (QED) is 0.922. The molecule has 2 nitrogen and oxygen atoms in total. The largest absolute Gasteiger partial charge is 0.392 e. The second kappa shape index (κ2) is 5.01. The van der Waals surface area contributed by atoms with E-state index >= 15 is 0 Å². The summed E-state index contributed by atoms with van der Waals surface area (Å²) in [5.74, 6) is 0.232. The summed E-state index contributed by atoms with van der Waals surface area (Å²) in [4.78, 5) is 0. The fraction of sp³-hybridized carbons (Fsp3) is 0.571. The number of ether oxygens (including phenoxy) is 1. The van der Waals surface area contributed by atoms with Crippen LogP contribution in [0.5, 0.6) is 0 Å². The van der Waals surface area contributed by atoms with Crippen LogP contribution in [0, 0.1) is 5.92 Å². The molecule has 1 aromatic carbocycles. The number of hydrogen-bond donors (Lipinski definition) is 1. The number of aliphatic hydroxyl groups excluding tert-OH is 1. The van der Waals surface area contributed by atoms with Crippen molar-refractivity contribution in [3.63, 3.8) is 0 Å². The fourth-order valence-corrected chi connectivity index (χ4v) is 3.72. The van der Waals surface area contributed by atoms with Gasteiger partial charge in [0.25, 0.3) is 0 Å². The highest BCUT2D eigenvalue weighted by atomic mass is 35.5. The van der Waals surface area contributed by atoms with E-state index in [-0.39, 0.29) is 12.0 Å². The molecule has 0 aromatic heterocycles. The highest BCUT2D eigenvalue weighted by Crippen LogP contribution is 2.41. The predicted molar refractivity (Wildman–Crippen MR) is 72.2 cm³/mol. The molecule has 18 heavy (non-hydrogen) atoms. The van der Waals surface area contributed by atoms with Gasteiger partial charge in [-0.2, -0.15) is 0 Å². The van der Waals surface area contributed by atoms with Crippen LogP contribution >= 0.6 is 23.2 Å². The first-order valence-corrected chi connectivity index (χ1v) is 7.17. The van der Waals surface area contributed by atoms with E-state index in [1.807, 2.05) is 18.2 Å². The molecule has 3 rings (SSSR count). The summed E-state index contributed by atoms with van der Waals surface area (Å²) >= 11 is 12.3. The van der Waals surface area contributed by atoms with Crippen LogP contribution in [0.3, 0.4) is 0 Å². The molecular formula is C14H16Cl2O2. The van der Waals surface area contributed by atoms with Crippen molar-refractivity contribution < 1.29 is 9.84 Å². The summed E-state index contributed by atoms with van der Waals surface area (Å²) in [6.07, 6.45) is 3.85. The minimum atomic E-state index is -0.419. The Morgan fingerprint density at radius 3 is 2.56 bits per heavy atom. The summed E-state index contributed by atoms with van der Waals surface area (Å²) in [7, 11) is 0. The van der Waals surface area contributed by atoms with Gasteiger partial charge in [-0.3, -0.25) is 0 Å². The van der Waals surface area contributed by atoms with Crippen molar-refractivity contribution in [2.75, 3.05) is 0 Å². The van der Waals surface area contributed by atoms with E-state index < -0.39 is 6.10 Å². The molecule has 4 unspecified atom stereocenters. The Hall–Kier alpha value is -0.280. The molecule has 1 aromatic rings. The van der Waals surface area contributed by atoms with E-state index in [0.29, 0.717) is 22.6 Å². The topological polar surface area (TPSA) is 29.5 Å². The van der Waals surface area contributed by atoms with Gasteiger partial charge in [-0.1, -0.05) is 29.3 Å². The van der Waals surface area contributed by atoms with Crippen molar-refractivity contribution in [1.82, 2.24) is 0 Å². The van der Waals surface area contributed by atoms with Crippen molar-refractivity contribution in [2.45, 2.75) is 44.0 Å². The van der Waals surface area contributed by atoms with Crippen LogP contribution in [0.25, 0.3) is 0 Å². The van der Waals surface area contributed by atoms with Crippen LogP contribution in [0.2, 0.25) is 10.0 Å². The molecule has 2 fully saturated rings. The monoisotopic (exact) mass is 286 g/mol. The average Bonchev–Trinajstić information content (AvgIpc) is 2.96. The minimum absolute atomic E-state index is 0.228. The SMILES string of the molecule is OC(Cc1c(Cl)cccc1Cl)C1CC2CCC1O2. The summed E-state index contributed by atoms with van der Waals surface area (Å²) in [5, 5.41) is 11.6. The Kier molecular flexibility index (Phi) is 3.55. The molecule has 0 spiro atoms. The molecule has 4 atom stereocenters.